The number of rotatable bonds is 13. The lowest BCUT2D eigenvalue weighted by atomic mass is 9.78. The number of hydrogen-bond donors (Lipinski definition) is 1. The standard InChI is InChI=1S/C17H33NO4.C15H29NO4/c1-14(19)8-7-10-21-22-11-9-18-16(2,3)12-15(20-6)13-17(18,4)5;1-11(17)20-12-8-13(2,3)16(14(4,5)9-12)19-10-15(6,7)18/h15H,7-13H2,1-6H3;12,18H,8-10H2,1-7H3. The Labute approximate surface area is 255 Å². The molecule has 0 atom stereocenters. The number of esters is 1. The summed E-state index contributed by atoms with van der Waals surface area (Å²) in [5, 5.41) is 11.8. The lowest BCUT2D eigenvalue weighted by molar-refractivity contribution is -0.306. The predicted molar refractivity (Wildman–Crippen MR) is 164 cm³/mol. The number of hydrogen-bond acceptors (Lipinski definition) is 10. The van der Waals surface area contributed by atoms with Crippen LogP contribution in [0.4, 0.5) is 0 Å². The molecule has 0 radical (unpaired) electrons. The Kier molecular flexibility index (Phi) is 14.6. The SMILES string of the molecule is CC(=O)OC1CC(C)(C)N(OCC(C)(C)O)C(C)(C)C1.COC1CC(C)(C)N(CCOOCCCC(C)=O)C(C)(C)C1. The predicted octanol–water partition coefficient (Wildman–Crippen LogP) is 5.25. The molecule has 2 saturated heterocycles. The number of carbonyl (C=O) groups excluding carboxylic acids is 2. The van der Waals surface area contributed by atoms with E-state index in [-0.39, 0.29) is 46.6 Å². The van der Waals surface area contributed by atoms with Crippen LogP contribution in [-0.4, -0.2) is 100 Å². The molecule has 1 N–H and O–H groups in total. The van der Waals surface area contributed by atoms with Crippen LogP contribution in [0.2, 0.25) is 0 Å². The minimum absolute atomic E-state index is 0.0699. The molecule has 0 spiro atoms. The monoisotopic (exact) mass is 602 g/mol. The molecule has 42 heavy (non-hydrogen) atoms. The van der Waals surface area contributed by atoms with Crippen LogP contribution < -0.4 is 0 Å². The summed E-state index contributed by atoms with van der Waals surface area (Å²) in [5.41, 5.74) is -1.28. The fraction of sp³-hybridized carbons (Fsp3) is 0.938. The molecule has 0 aromatic rings. The third-order valence-electron chi connectivity index (χ3n) is 7.92. The number of likely N-dealkylation sites (tertiary alicyclic amines) is 1. The van der Waals surface area contributed by atoms with Crippen molar-refractivity contribution >= 4 is 11.8 Å². The maximum Gasteiger partial charge on any atom is 0.302 e. The average molecular weight is 603 g/mol. The Morgan fingerprint density at radius 2 is 1.29 bits per heavy atom. The van der Waals surface area contributed by atoms with Crippen molar-refractivity contribution in [3.63, 3.8) is 0 Å². The molecule has 2 aliphatic heterocycles. The summed E-state index contributed by atoms with van der Waals surface area (Å²) < 4.78 is 11.0. The zero-order chi connectivity index (χ0) is 32.6. The lowest BCUT2D eigenvalue weighted by Gasteiger charge is -2.55. The van der Waals surface area contributed by atoms with Gasteiger partial charge in [-0.05, 0) is 95.4 Å². The Balaban J connectivity index is 0.000000422. The largest absolute Gasteiger partial charge is 0.462 e. The first-order chi connectivity index (χ1) is 19.0. The third kappa shape index (κ3) is 13.2. The molecule has 2 rings (SSSR count). The summed E-state index contributed by atoms with van der Waals surface area (Å²) >= 11 is 0. The van der Waals surface area contributed by atoms with Crippen molar-refractivity contribution < 1.29 is 38.8 Å². The number of aliphatic hydroxyl groups is 1. The minimum Gasteiger partial charge on any atom is -0.462 e. The van der Waals surface area contributed by atoms with E-state index in [2.05, 4.69) is 60.3 Å². The highest BCUT2D eigenvalue weighted by Crippen LogP contribution is 2.40. The Hall–Kier alpha value is -1.14. The van der Waals surface area contributed by atoms with E-state index in [0.717, 1.165) is 19.4 Å². The molecule has 0 unspecified atom stereocenters. The van der Waals surface area contributed by atoms with Crippen molar-refractivity contribution in [1.82, 2.24) is 9.96 Å². The van der Waals surface area contributed by atoms with E-state index in [1.54, 1.807) is 27.9 Å². The molecule has 10 heteroatoms. The molecule has 2 aliphatic rings. The average Bonchev–Trinajstić information content (AvgIpc) is 2.76. The summed E-state index contributed by atoms with van der Waals surface area (Å²) in [6, 6.07) is 0. The fourth-order valence-corrected chi connectivity index (χ4v) is 6.69. The zero-order valence-corrected chi connectivity index (χ0v) is 28.9. The second-order valence-electron chi connectivity index (χ2n) is 15.1. The van der Waals surface area contributed by atoms with Gasteiger partial charge in [0, 0.05) is 62.0 Å². The molecule has 0 bridgehead atoms. The number of piperidine rings is 2. The van der Waals surface area contributed by atoms with Gasteiger partial charge < -0.3 is 19.4 Å². The highest BCUT2D eigenvalue weighted by atomic mass is 17.2. The Bertz CT molecular complexity index is 814. The Morgan fingerprint density at radius 3 is 1.71 bits per heavy atom. The van der Waals surface area contributed by atoms with Gasteiger partial charge in [0.05, 0.1) is 31.5 Å². The van der Waals surface area contributed by atoms with Gasteiger partial charge in [-0.25, -0.2) is 9.78 Å². The lowest BCUT2D eigenvalue weighted by Crippen LogP contribution is -2.62. The van der Waals surface area contributed by atoms with Crippen LogP contribution in [0.3, 0.4) is 0 Å². The molecule has 0 aromatic carbocycles. The Morgan fingerprint density at radius 1 is 0.810 bits per heavy atom. The topological polar surface area (TPSA) is 107 Å². The molecule has 248 valence electrons. The van der Waals surface area contributed by atoms with E-state index >= 15 is 0 Å². The van der Waals surface area contributed by atoms with E-state index in [1.807, 2.05) is 5.06 Å². The van der Waals surface area contributed by atoms with Crippen molar-refractivity contribution in [2.75, 3.05) is 33.5 Å². The van der Waals surface area contributed by atoms with Crippen molar-refractivity contribution in [3.05, 3.63) is 0 Å². The van der Waals surface area contributed by atoms with Crippen LogP contribution in [0, 0.1) is 0 Å². The number of nitrogens with zero attached hydrogens (tertiary/aromatic N) is 2. The maximum atomic E-state index is 11.2. The van der Waals surface area contributed by atoms with Gasteiger partial charge in [-0.3, -0.25) is 14.5 Å². The van der Waals surface area contributed by atoms with Crippen LogP contribution in [0.1, 0.15) is 122 Å². The normalized spacial score (nSPS) is 22.7. The number of Topliss-reactive ketones (excluding diaryl/α,β-unsaturated/α-hetero) is 1. The number of hydroxylamine groups is 2. The highest BCUT2D eigenvalue weighted by molar-refractivity contribution is 5.75. The summed E-state index contributed by atoms with van der Waals surface area (Å²) in [6.07, 6.45) is 4.94. The van der Waals surface area contributed by atoms with E-state index in [0.29, 0.717) is 45.0 Å². The summed E-state index contributed by atoms with van der Waals surface area (Å²) in [5.74, 6) is -0.0550. The van der Waals surface area contributed by atoms with Crippen molar-refractivity contribution in [1.29, 1.82) is 0 Å². The number of carbonyl (C=O) groups is 2. The third-order valence-corrected chi connectivity index (χ3v) is 7.92. The van der Waals surface area contributed by atoms with E-state index in [4.69, 9.17) is 24.1 Å². The van der Waals surface area contributed by atoms with Gasteiger partial charge in [0.25, 0.3) is 0 Å². The summed E-state index contributed by atoms with van der Waals surface area (Å²) in [6.45, 7) is 25.8. The van der Waals surface area contributed by atoms with Crippen LogP contribution in [0.5, 0.6) is 0 Å². The van der Waals surface area contributed by atoms with Gasteiger partial charge in [-0.15, -0.1) is 0 Å². The molecule has 2 heterocycles. The molecular formula is C32H62N2O8. The van der Waals surface area contributed by atoms with Gasteiger partial charge >= 0.3 is 5.97 Å². The highest BCUT2D eigenvalue weighted by Gasteiger charge is 2.48. The summed E-state index contributed by atoms with van der Waals surface area (Å²) in [7, 11) is 1.80. The van der Waals surface area contributed by atoms with Gasteiger partial charge in [-0.1, -0.05) is 0 Å². The molecule has 0 saturated carbocycles. The van der Waals surface area contributed by atoms with Gasteiger partial charge in [-0.2, -0.15) is 5.06 Å². The smallest absolute Gasteiger partial charge is 0.302 e. The maximum absolute atomic E-state index is 11.2. The number of ketones is 1. The molecule has 0 amide bonds. The van der Waals surface area contributed by atoms with Crippen LogP contribution in [-0.2, 0) is 33.7 Å². The summed E-state index contributed by atoms with van der Waals surface area (Å²) in [4.78, 5) is 40.8. The minimum atomic E-state index is -0.876. The van der Waals surface area contributed by atoms with Gasteiger partial charge in [0.1, 0.15) is 11.9 Å². The first-order valence-corrected chi connectivity index (χ1v) is 15.4. The quantitative estimate of drug-likeness (QED) is 0.130. The zero-order valence-electron chi connectivity index (χ0n) is 28.9. The van der Waals surface area contributed by atoms with E-state index in [1.165, 1.54) is 6.92 Å². The molecule has 0 aromatic heterocycles. The first kappa shape index (κ1) is 38.9. The van der Waals surface area contributed by atoms with E-state index < -0.39 is 5.60 Å². The second-order valence-corrected chi connectivity index (χ2v) is 15.1. The van der Waals surface area contributed by atoms with Crippen molar-refractivity contribution in [3.8, 4) is 0 Å². The molecular weight excluding hydrogens is 540 g/mol. The number of ether oxygens (including phenoxy) is 2. The van der Waals surface area contributed by atoms with Gasteiger partial charge in [0.15, 0.2) is 0 Å². The van der Waals surface area contributed by atoms with E-state index in [9.17, 15) is 14.7 Å². The number of methoxy groups -OCH3 is 1. The first-order valence-electron chi connectivity index (χ1n) is 15.4. The molecule has 0 aliphatic carbocycles. The van der Waals surface area contributed by atoms with Crippen molar-refractivity contribution in [2.45, 2.75) is 162 Å². The fourth-order valence-electron chi connectivity index (χ4n) is 6.69. The van der Waals surface area contributed by atoms with Crippen LogP contribution >= 0.6 is 0 Å². The van der Waals surface area contributed by atoms with Crippen LogP contribution in [0.25, 0.3) is 0 Å². The van der Waals surface area contributed by atoms with Crippen molar-refractivity contribution in [2.24, 2.45) is 0 Å². The van der Waals surface area contributed by atoms with Gasteiger partial charge in [0.2, 0.25) is 0 Å². The second kappa shape index (κ2) is 15.7. The molecule has 2 fully saturated rings. The molecule has 10 nitrogen and oxygen atoms in total. The van der Waals surface area contributed by atoms with Crippen LogP contribution in [0.15, 0.2) is 0 Å².